The van der Waals surface area contributed by atoms with Gasteiger partial charge in [-0.3, -0.25) is 4.79 Å². The average Bonchev–Trinajstić information content (AvgIpc) is 3.35. The van der Waals surface area contributed by atoms with Crippen LogP contribution in [-0.4, -0.2) is 60.9 Å². The van der Waals surface area contributed by atoms with E-state index in [-0.39, 0.29) is 18.1 Å². The van der Waals surface area contributed by atoms with Crippen LogP contribution in [0, 0.1) is 5.92 Å². The van der Waals surface area contributed by atoms with Gasteiger partial charge in [-0.15, -0.1) is 0 Å². The predicted molar refractivity (Wildman–Crippen MR) is 167 cm³/mol. The zero-order chi connectivity index (χ0) is 30.1. The van der Waals surface area contributed by atoms with E-state index in [9.17, 15) is 9.59 Å². The van der Waals surface area contributed by atoms with E-state index in [1.807, 2.05) is 18.0 Å². The summed E-state index contributed by atoms with van der Waals surface area (Å²) in [5, 5.41) is 9.73. The zero-order valence-corrected chi connectivity index (χ0v) is 24.5. The Morgan fingerprint density at radius 1 is 1.19 bits per heavy atom. The molecule has 2 amide bonds. The highest BCUT2D eigenvalue weighted by Gasteiger charge is 2.58. The van der Waals surface area contributed by atoms with Crippen molar-refractivity contribution in [2.75, 3.05) is 49.9 Å². The van der Waals surface area contributed by atoms with Crippen LogP contribution in [0.2, 0.25) is 0 Å². The normalized spacial score (nSPS) is 18.2. The summed E-state index contributed by atoms with van der Waals surface area (Å²) in [5.74, 6) is 1.41. The van der Waals surface area contributed by atoms with Gasteiger partial charge in [-0.1, -0.05) is 24.8 Å². The fourth-order valence-corrected chi connectivity index (χ4v) is 6.10. The SMILES string of the molecule is C=CC(=O)Nc1cc(Nc2nccc(-c3cn(C45CC(C4)C5)c4ccccc34)n2)c(OC)cc1N(C)CCOC(=O)NC. The average molecular weight is 582 g/mol. The van der Waals surface area contributed by atoms with Crippen molar-refractivity contribution in [1.29, 1.82) is 0 Å². The van der Waals surface area contributed by atoms with Crippen molar-refractivity contribution in [3.05, 3.63) is 67.5 Å². The van der Waals surface area contributed by atoms with Crippen molar-refractivity contribution >= 4 is 45.9 Å². The molecule has 2 aromatic heterocycles. The van der Waals surface area contributed by atoms with E-state index in [2.05, 4.69) is 62.5 Å². The number of rotatable bonds is 11. The molecule has 2 bridgehead atoms. The Balaban J connectivity index is 1.31. The summed E-state index contributed by atoms with van der Waals surface area (Å²) in [4.78, 5) is 35.0. The van der Waals surface area contributed by atoms with Crippen LogP contribution in [0.1, 0.15) is 19.3 Å². The Morgan fingerprint density at radius 2 is 1.98 bits per heavy atom. The molecule has 43 heavy (non-hydrogen) atoms. The molecule has 0 radical (unpaired) electrons. The van der Waals surface area contributed by atoms with Crippen molar-refractivity contribution in [2.45, 2.75) is 24.8 Å². The second-order valence-electron chi connectivity index (χ2n) is 11.1. The number of methoxy groups -OCH3 is 1. The maximum absolute atomic E-state index is 12.3. The fourth-order valence-electron chi connectivity index (χ4n) is 6.10. The predicted octanol–water partition coefficient (Wildman–Crippen LogP) is 5.28. The summed E-state index contributed by atoms with van der Waals surface area (Å²) in [6.07, 6.45) is 8.41. The molecule has 11 nitrogen and oxygen atoms in total. The van der Waals surface area contributed by atoms with E-state index < -0.39 is 6.09 Å². The number of alkyl carbamates (subject to hydrolysis) is 1. The fraction of sp³-hybridized carbons (Fsp3) is 0.312. The summed E-state index contributed by atoms with van der Waals surface area (Å²) in [6, 6.07) is 14.0. The lowest BCUT2D eigenvalue weighted by atomic mass is 9.49. The van der Waals surface area contributed by atoms with Crippen LogP contribution >= 0.6 is 0 Å². The van der Waals surface area contributed by atoms with E-state index in [0.29, 0.717) is 35.3 Å². The molecule has 2 aromatic carbocycles. The number of fused-ring (bicyclic) bond motifs is 1. The highest BCUT2D eigenvalue weighted by molar-refractivity contribution is 6.02. The molecule has 3 saturated carbocycles. The molecule has 3 aliphatic rings. The van der Waals surface area contributed by atoms with Crippen LogP contribution < -0.4 is 25.6 Å². The third-order valence-electron chi connectivity index (χ3n) is 8.44. The number of anilines is 4. The highest BCUT2D eigenvalue weighted by Crippen LogP contribution is 2.63. The molecule has 4 aromatic rings. The smallest absolute Gasteiger partial charge is 0.406 e. The van der Waals surface area contributed by atoms with Gasteiger partial charge in [-0.25, -0.2) is 14.8 Å². The molecule has 0 unspecified atom stereocenters. The van der Waals surface area contributed by atoms with Crippen LogP contribution in [0.4, 0.5) is 27.8 Å². The van der Waals surface area contributed by atoms with Gasteiger partial charge in [0.05, 0.1) is 36.4 Å². The molecule has 3 fully saturated rings. The molecular weight excluding hydrogens is 546 g/mol. The third-order valence-corrected chi connectivity index (χ3v) is 8.44. The molecule has 3 N–H and O–H groups in total. The van der Waals surface area contributed by atoms with Gasteiger partial charge in [0, 0.05) is 54.6 Å². The van der Waals surface area contributed by atoms with E-state index in [1.165, 1.54) is 37.9 Å². The molecular formula is C32H35N7O4. The first-order valence-corrected chi connectivity index (χ1v) is 14.3. The van der Waals surface area contributed by atoms with E-state index in [1.54, 1.807) is 25.4 Å². The van der Waals surface area contributed by atoms with Crippen molar-refractivity contribution in [3.8, 4) is 17.0 Å². The van der Waals surface area contributed by atoms with Gasteiger partial charge in [0.1, 0.15) is 12.4 Å². The Kier molecular flexibility index (Phi) is 7.39. The van der Waals surface area contributed by atoms with Gasteiger partial charge in [-0.05, 0) is 49.5 Å². The van der Waals surface area contributed by atoms with Crippen LogP contribution in [0.3, 0.4) is 0 Å². The highest BCUT2D eigenvalue weighted by atomic mass is 16.5. The first-order valence-electron chi connectivity index (χ1n) is 14.3. The molecule has 3 aliphatic carbocycles. The number of para-hydroxylation sites is 1. The van der Waals surface area contributed by atoms with Crippen LogP contribution in [-0.2, 0) is 15.1 Å². The van der Waals surface area contributed by atoms with Crippen molar-refractivity contribution in [1.82, 2.24) is 19.9 Å². The monoisotopic (exact) mass is 581 g/mol. The lowest BCUT2D eigenvalue weighted by Gasteiger charge is -2.62. The Bertz CT molecular complexity index is 1700. The van der Waals surface area contributed by atoms with Gasteiger partial charge in [0.15, 0.2) is 0 Å². The molecule has 0 atom stereocenters. The number of amides is 2. The number of carbonyl (C=O) groups excluding carboxylic acids is 2. The van der Waals surface area contributed by atoms with Gasteiger partial charge in [0.2, 0.25) is 11.9 Å². The lowest BCUT2D eigenvalue weighted by Crippen LogP contribution is -2.58. The topological polar surface area (TPSA) is 123 Å². The standard InChI is InChI=1S/C32H35N7O4/c1-5-29(40)35-24-14-25(28(42-4)15-27(24)38(3)12-13-43-31(41)33-2)37-30-34-11-10-23(36-30)22-19-39(32-16-20(17-32)18-32)26-9-7-6-8-21(22)26/h5-11,14-15,19-20H,1,12-13,16-18H2,2-4H3,(H,33,41)(H,35,40)(H,34,36,37). The number of nitrogens with zero attached hydrogens (tertiary/aromatic N) is 4. The van der Waals surface area contributed by atoms with Gasteiger partial charge in [-0.2, -0.15) is 0 Å². The van der Waals surface area contributed by atoms with Crippen LogP contribution in [0.25, 0.3) is 22.2 Å². The van der Waals surface area contributed by atoms with Crippen molar-refractivity contribution < 1.29 is 19.1 Å². The maximum atomic E-state index is 12.3. The Labute approximate surface area is 249 Å². The summed E-state index contributed by atoms with van der Waals surface area (Å²) in [7, 11) is 4.90. The van der Waals surface area contributed by atoms with Gasteiger partial charge < -0.3 is 34.9 Å². The summed E-state index contributed by atoms with van der Waals surface area (Å²) >= 11 is 0. The third kappa shape index (κ3) is 5.22. The minimum absolute atomic E-state index is 0.145. The molecule has 0 aliphatic heterocycles. The largest absolute Gasteiger partial charge is 0.494 e. The number of carbonyl (C=O) groups is 2. The van der Waals surface area contributed by atoms with Gasteiger partial charge in [0.25, 0.3) is 0 Å². The molecule has 7 rings (SSSR count). The number of benzene rings is 2. The molecule has 222 valence electrons. The van der Waals surface area contributed by atoms with Crippen LogP contribution in [0.15, 0.2) is 67.5 Å². The van der Waals surface area contributed by atoms with Crippen LogP contribution in [0.5, 0.6) is 5.75 Å². The Hall–Kier alpha value is -5.06. The second kappa shape index (κ2) is 11.3. The summed E-state index contributed by atoms with van der Waals surface area (Å²) < 4.78 is 13.3. The first-order chi connectivity index (χ1) is 20.8. The van der Waals surface area contributed by atoms with E-state index in [4.69, 9.17) is 14.5 Å². The van der Waals surface area contributed by atoms with Crippen molar-refractivity contribution in [3.63, 3.8) is 0 Å². The number of nitrogens with one attached hydrogen (secondary N) is 3. The number of hydrogen-bond donors (Lipinski definition) is 3. The molecule has 11 heteroatoms. The first kappa shape index (κ1) is 28.1. The molecule has 0 saturated heterocycles. The number of hydrogen-bond acceptors (Lipinski definition) is 8. The molecule has 2 heterocycles. The molecule has 0 spiro atoms. The quantitative estimate of drug-likeness (QED) is 0.205. The van der Waals surface area contributed by atoms with E-state index >= 15 is 0 Å². The van der Waals surface area contributed by atoms with Gasteiger partial charge >= 0.3 is 6.09 Å². The minimum atomic E-state index is -0.517. The van der Waals surface area contributed by atoms with Crippen molar-refractivity contribution in [2.24, 2.45) is 5.92 Å². The second-order valence-corrected chi connectivity index (χ2v) is 11.1. The maximum Gasteiger partial charge on any atom is 0.406 e. The Morgan fingerprint density at radius 3 is 2.67 bits per heavy atom. The number of ether oxygens (including phenoxy) is 2. The van der Waals surface area contributed by atoms with E-state index in [0.717, 1.165) is 22.6 Å². The summed E-state index contributed by atoms with van der Waals surface area (Å²) in [5.41, 5.74) is 5.09. The number of likely N-dealkylation sites (N-methyl/N-ethyl adjacent to an activating group) is 1. The zero-order valence-electron chi connectivity index (χ0n) is 24.5. The summed E-state index contributed by atoms with van der Waals surface area (Å²) in [6.45, 7) is 4.09. The minimum Gasteiger partial charge on any atom is -0.494 e. The number of aromatic nitrogens is 3. The lowest BCUT2D eigenvalue weighted by molar-refractivity contribution is -0.111.